The standard InChI is InChI=1S/C27H23N3O/c1-14-15(2)26(29-17(14)4)24(27-16(3)25(28-6)18(5)30-27)19-11-12-23-21(13-19)20-9-7-8-10-22(20)31-23/h7-13,30H,1-5H3/b26-24-. The fourth-order valence-corrected chi connectivity index (χ4v) is 4.47. The molecule has 0 saturated heterocycles. The van der Waals surface area contributed by atoms with Gasteiger partial charge in [-0.1, -0.05) is 24.3 Å². The van der Waals surface area contributed by atoms with Crippen LogP contribution in [0.5, 0.6) is 0 Å². The second-order valence-corrected chi connectivity index (χ2v) is 8.19. The summed E-state index contributed by atoms with van der Waals surface area (Å²) < 4.78 is 6.04. The molecule has 0 aliphatic carbocycles. The maximum absolute atomic E-state index is 7.61. The van der Waals surface area contributed by atoms with Crippen LogP contribution >= 0.6 is 0 Å². The van der Waals surface area contributed by atoms with Crippen molar-refractivity contribution in [2.45, 2.75) is 34.6 Å². The van der Waals surface area contributed by atoms with Crippen molar-refractivity contribution in [1.29, 1.82) is 0 Å². The maximum Gasteiger partial charge on any atom is 0.210 e. The number of fused-ring (bicyclic) bond motifs is 3. The molecule has 1 aliphatic heterocycles. The third kappa shape index (κ3) is 2.78. The number of furan rings is 1. The van der Waals surface area contributed by atoms with Crippen LogP contribution < -0.4 is 0 Å². The van der Waals surface area contributed by atoms with Gasteiger partial charge in [-0.2, -0.15) is 0 Å². The Morgan fingerprint density at radius 2 is 1.68 bits per heavy atom. The Hall–Kier alpha value is -3.84. The van der Waals surface area contributed by atoms with Gasteiger partial charge in [0.05, 0.1) is 12.3 Å². The number of rotatable bonds is 2. The number of hydrogen-bond donors (Lipinski definition) is 1. The zero-order chi connectivity index (χ0) is 21.9. The van der Waals surface area contributed by atoms with Gasteiger partial charge in [-0.3, -0.25) is 4.99 Å². The molecule has 4 heteroatoms. The Morgan fingerprint density at radius 1 is 0.935 bits per heavy atom. The molecule has 1 N–H and O–H groups in total. The van der Waals surface area contributed by atoms with Gasteiger partial charge in [0.2, 0.25) is 5.69 Å². The van der Waals surface area contributed by atoms with Crippen LogP contribution in [0.25, 0.3) is 32.4 Å². The van der Waals surface area contributed by atoms with Crippen LogP contribution in [-0.2, 0) is 0 Å². The number of para-hydroxylation sites is 1. The topological polar surface area (TPSA) is 45.6 Å². The molecule has 2 aromatic carbocycles. The molecule has 0 radical (unpaired) electrons. The number of aryl methyl sites for hydroxylation is 1. The number of nitrogens with one attached hydrogen (secondary N) is 1. The van der Waals surface area contributed by atoms with E-state index in [1.807, 2.05) is 45.0 Å². The van der Waals surface area contributed by atoms with Gasteiger partial charge < -0.3 is 9.40 Å². The molecule has 2 aromatic heterocycles. The number of allylic oxidation sites excluding steroid dienone is 2. The van der Waals surface area contributed by atoms with E-state index < -0.39 is 0 Å². The Morgan fingerprint density at radius 3 is 2.35 bits per heavy atom. The molecule has 0 atom stereocenters. The van der Waals surface area contributed by atoms with Crippen molar-refractivity contribution < 1.29 is 4.42 Å². The normalized spacial score (nSPS) is 15.7. The molecule has 0 amide bonds. The van der Waals surface area contributed by atoms with Crippen molar-refractivity contribution in [1.82, 2.24) is 4.98 Å². The zero-order valence-electron chi connectivity index (χ0n) is 18.3. The third-order valence-corrected chi connectivity index (χ3v) is 6.40. The predicted molar refractivity (Wildman–Crippen MR) is 128 cm³/mol. The Bertz CT molecular complexity index is 1530. The third-order valence-electron chi connectivity index (χ3n) is 6.40. The van der Waals surface area contributed by atoms with Crippen LogP contribution in [0.3, 0.4) is 0 Å². The maximum atomic E-state index is 7.61. The summed E-state index contributed by atoms with van der Waals surface area (Å²) in [5.74, 6) is 0. The quantitative estimate of drug-likeness (QED) is 0.342. The van der Waals surface area contributed by atoms with Gasteiger partial charge in [0.1, 0.15) is 11.2 Å². The molecular weight excluding hydrogens is 382 g/mol. The van der Waals surface area contributed by atoms with E-state index in [-0.39, 0.29) is 0 Å². The Labute approximate surface area is 181 Å². The van der Waals surface area contributed by atoms with Gasteiger partial charge in [-0.15, -0.1) is 0 Å². The van der Waals surface area contributed by atoms with E-state index in [1.165, 1.54) is 11.1 Å². The summed E-state index contributed by atoms with van der Waals surface area (Å²) in [6.45, 7) is 17.9. The average Bonchev–Trinajstić information content (AvgIpc) is 3.36. The first-order valence-electron chi connectivity index (χ1n) is 10.4. The van der Waals surface area contributed by atoms with Crippen molar-refractivity contribution in [2.24, 2.45) is 4.99 Å². The number of aromatic amines is 1. The number of nitrogens with zero attached hydrogens (tertiary/aromatic N) is 2. The number of benzene rings is 2. The van der Waals surface area contributed by atoms with Crippen LogP contribution in [0.4, 0.5) is 5.69 Å². The lowest BCUT2D eigenvalue weighted by Crippen LogP contribution is -1.96. The monoisotopic (exact) mass is 405 g/mol. The summed E-state index contributed by atoms with van der Waals surface area (Å²) in [6.07, 6.45) is 0. The van der Waals surface area contributed by atoms with Crippen molar-refractivity contribution in [3.05, 3.63) is 93.2 Å². The van der Waals surface area contributed by atoms with Gasteiger partial charge in [0, 0.05) is 33.4 Å². The minimum Gasteiger partial charge on any atom is -0.456 e. The molecule has 0 spiro atoms. The lowest BCUT2D eigenvalue weighted by Gasteiger charge is -2.13. The van der Waals surface area contributed by atoms with Crippen molar-refractivity contribution in [2.75, 3.05) is 0 Å². The minimum absolute atomic E-state index is 0.681. The van der Waals surface area contributed by atoms with E-state index in [0.29, 0.717) is 5.69 Å². The molecule has 4 aromatic rings. The molecule has 31 heavy (non-hydrogen) atoms. The lowest BCUT2D eigenvalue weighted by atomic mass is 9.93. The van der Waals surface area contributed by atoms with Crippen LogP contribution in [0.15, 0.2) is 68.7 Å². The zero-order valence-corrected chi connectivity index (χ0v) is 18.3. The first-order valence-corrected chi connectivity index (χ1v) is 10.4. The van der Waals surface area contributed by atoms with Gasteiger partial charge in [-0.05, 0) is 75.1 Å². The van der Waals surface area contributed by atoms with Gasteiger partial charge in [-0.25, -0.2) is 4.85 Å². The molecule has 5 rings (SSSR count). The van der Waals surface area contributed by atoms with E-state index in [1.54, 1.807) is 0 Å². The van der Waals surface area contributed by atoms with Crippen molar-refractivity contribution >= 4 is 38.9 Å². The molecule has 0 unspecified atom stereocenters. The first-order chi connectivity index (χ1) is 14.9. The fourth-order valence-electron chi connectivity index (χ4n) is 4.47. The number of hydrogen-bond acceptors (Lipinski definition) is 2. The molecule has 0 saturated carbocycles. The highest BCUT2D eigenvalue weighted by atomic mass is 16.3. The van der Waals surface area contributed by atoms with E-state index in [4.69, 9.17) is 16.0 Å². The molecular formula is C27H23N3O. The SMILES string of the molecule is [C-]#[N+]c1c(C)[nH]c(/C(=C2\N=C(C)C(C)=C2C)c2ccc3oc4ccccc4c3c2)c1C. The highest BCUT2D eigenvalue weighted by molar-refractivity contribution is 6.08. The van der Waals surface area contributed by atoms with Crippen molar-refractivity contribution in [3.63, 3.8) is 0 Å². The Kier molecular flexibility index (Phi) is 4.23. The van der Waals surface area contributed by atoms with E-state index >= 15 is 0 Å². The van der Waals surface area contributed by atoms with E-state index in [9.17, 15) is 0 Å². The smallest absolute Gasteiger partial charge is 0.210 e. The van der Waals surface area contributed by atoms with Gasteiger partial charge in [0.25, 0.3) is 0 Å². The number of aliphatic imine (C=N–C) groups is 1. The first kappa shape index (κ1) is 19.1. The summed E-state index contributed by atoms with van der Waals surface area (Å²) in [6, 6.07) is 14.4. The molecule has 1 aliphatic rings. The summed E-state index contributed by atoms with van der Waals surface area (Å²) in [5, 5.41) is 2.18. The van der Waals surface area contributed by atoms with Crippen molar-refractivity contribution in [3.8, 4) is 0 Å². The van der Waals surface area contributed by atoms with Gasteiger partial charge in [0.15, 0.2) is 0 Å². The largest absolute Gasteiger partial charge is 0.456 e. The van der Waals surface area contributed by atoms with Crippen LogP contribution in [0, 0.1) is 20.4 Å². The van der Waals surface area contributed by atoms with E-state index in [0.717, 1.165) is 61.4 Å². The van der Waals surface area contributed by atoms with Crippen LogP contribution in [-0.4, -0.2) is 10.7 Å². The highest BCUT2D eigenvalue weighted by Gasteiger charge is 2.24. The number of H-pyrrole nitrogens is 1. The second-order valence-electron chi connectivity index (χ2n) is 8.19. The van der Waals surface area contributed by atoms with Gasteiger partial charge >= 0.3 is 0 Å². The molecule has 0 bridgehead atoms. The molecule has 0 fully saturated rings. The van der Waals surface area contributed by atoms with Crippen LogP contribution in [0.1, 0.15) is 43.3 Å². The molecule has 152 valence electrons. The Balaban J connectivity index is 1.87. The summed E-state index contributed by atoms with van der Waals surface area (Å²) in [7, 11) is 0. The second kappa shape index (κ2) is 6.85. The fraction of sp³-hybridized carbons (Fsp3) is 0.185. The lowest BCUT2D eigenvalue weighted by molar-refractivity contribution is 0.669. The summed E-state index contributed by atoms with van der Waals surface area (Å²) >= 11 is 0. The number of aromatic nitrogens is 1. The summed E-state index contributed by atoms with van der Waals surface area (Å²) in [4.78, 5) is 12.2. The molecule has 4 nitrogen and oxygen atoms in total. The summed E-state index contributed by atoms with van der Waals surface area (Å²) in [5.41, 5.74) is 11.7. The minimum atomic E-state index is 0.681. The van der Waals surface area contributed by atoms with E-state index in [2.05, 4.69) is 41.9 Å². The average molecular weight is 406 g/mol. The predicted octanol–water partition coefficient (Wildman–Crippen LogP) is 7.65. The van der Waals surface area contributed by atoms with Crippen LogP contribution in [0.2, 0.25) is 0 Å². The molecule has 3 heterocycles. The highest BCUT2D eigenvalue weighted by Crippen LogP contribution is 2.41.